The summed E-state index contributed by atoms with van der Waals surface area (Å²) >= 11 is 5.40. The predicted molar refractivity (Wildman–Crippen MR) is 83.0 cm³/mol. The summed E-state index contributed by atoms with van der Waals surface area (Å²) in [6.45, 7) is 6.90. The first-order valence-electron chi connectivity index (χ1n) is 6.90. The number of rotatable bonds is 5. The Hall–Kier alpha value is 0.1000. The minimum atomic E-state index is 0.242. The molecule has 1 saturated heterocycles. The van der Waals surface area contributed by atoms with Crippen molar-refractivity contribution < 1.29 is 0 Å². The van der Waals surface area contributed by atoms with Crippen molar-refractivity contribution >= 4 is 27.3 Å². The molecule has 2 heterocycles. The van der Waals surface area contributed by atoms with Gasteiger partial charge in [0.05, 0.1) is 9.83 Å². The van der Waals surface area contributed by atoms with E-state index in [1.165, 1.54) is 34.6 Å². The molecule has 0 amide bonds. The summed E-state index contributed by atoms with van der Waals surface area (Å²) in [5.74, 6) is 0.861. The number of nitrogens with zero attached hydrogens (tertiary/aromatic N) is 1. The molecule has 0 spiro atoms. The van der Waals surface area contributed by atoms with Gasteiger partial charge in [-0.3, -0.25) is 4.90 Å². The van der Waals surface area contributed by atoms with Crippen molar-refractivity contribution in [2.45, 2.75) is 45.2 Å². The van der Waals surface area contributed by atoms with Crippen LogP contribution in [0.5, 0.6) is 0 Å². The average Bonchev–Trinajstić information content (AvgIpc) is 2.99. The maximum Gasteiger partial charge on any atom is 0.0702 e. The van der Waals surface area contributed by atoms with E-state index in [9.17, 15) is 0 Å². The molecule has 0 radical (unpaired) electrons. The van der Waals surface area contributed by atoms with Crippen molar-refractivity contribution in [2.24, 2.45) is 11.7 Å². The highest BCUT2D eigenvalue weighted by Crippen LogP contribution is 2.36. The van der Waals surface area contributed by atoms with Gasteiger partial charge in [-0.2, -0.15) is 0 Å². The molecule has 3 unspecified atom stereocenters. The van der Waals surface area contributed by atoms with E-state index in [-0.39, 0.29) is 6.04 Å². The molecule has 1 fully saturated rings. The SMILES string of the molecule is CCC1CCN(C(c2ccc(Br)s2)C(N)CC)C1. The molecule has 2 rings (SSSR count). The van der Waals surface area contributed by atoms with Gasteiger partial charge in [0.15, 0.2) is 0 Å². The van der Waals surface area contributed by atoms with E-state index >= 15 is 0 Å². The molecule has 1 aromatic rings. The van der Waals surface area contributed by atoms with Gasteiger partial charge in [-0.05, 0) is 53.4 Å². The molecular weight excluding hydrogens is 308 g/mol. The van der Waals surface area contributed by atoms with Crippen molar-refractivity contribution in [3.63, 3.8) is 0 Å². The highest BCUT2D eigenvalue weighted by molar-refractivity contribution is 9.11. The largest absolute Gasteiger partial charge is 0.326 e. The molecular formula is C14H23BrN2S. The number of hydrogen-bond donors (Lipinski definition) is 1. The lowest BCUT2D eigenvalue weighted by Crippen LogP contribution is -2.39. The lowest BCUT2D eigenvalue weighted by atomic mass is 10.0. The van der Waals surface area contributed by atoms with Crippen LogP contribution < -0.4 is 5.73 Å². The summed E-state index contributed by atoms with van der Waals surface area (Å²) in [4.78, 5) is 4.01. The molecule has 102 valence electrons. The van der Waals surface area contributed by atoms with Crippen LogP contribution in [0.25, 0.3) is 0 Å². The van der Waals surface area contributed by atoms with Gasteiger partial charge in [0.1, 0.15) is 0 Å². The summed E-state index contributed by atoms with van der Waals surface area (Å²) in [6, 6.07) is 5.02. The molecule has 2 N–H and O–H groups in total. The molecule has 1 aliphatic heterocycles. The van der Waals surface area contributed by atoms with Crippen LogP contribution in [0.1, 0.15) is 44.0 Å². The first-order chi connectivity index (χ1) is 8.65. The first-order valence-corrected chi connectivity index (χ1v) is 8.51. The molecule has 0 bridgehead atoms. The van der Waals surface area contributed by atoms with Crippen LogP contribution in [0.4, 0.5) is 0 Å². The minimum Gasteiger partial charge on any atom is -0.326 e. The molecule has 0 aromatic carbocycles. The topological polar surface area (TPSA) is 29.3 Å². The minimum absolute atomic E-state index is 0.242. The van der Waals surface area contributed by atoms with E-state index in [0.717, 1.165) is 12.3 Å². The number of thiophene rings is 1. The van der Waals surface area contributed by atoms with Crippen molar-refractivity contribution in [2.75, 3.05) is 13.1 Å². The van der Waals surface area contributed by atoms with Crippen LogP contribution in [-0.4, -0.2) is 24.0 Å². The van der Waals surface area contributed by atoms with Gasteiger partial charge in [-0.15, -0.1) is 11.3 Å². The number of likely N-dealkylation sites (tertiary alicyclic amines) is 1. The molecule has 1 aromatic heterocycles. The predicted octanol–water partition coefficient (Wildman–Crippen LogP) is 4.02. The fraction of sp³-hybridized carbons (Fsp3) is 0.714. The zero-order valence-corrected chi connectivity index (χ0v) is 13.6. The van der Waals surface area contributed by atoms with E-state index < -0.39 is 0 Å². The summed E-state index contributed by atoms with van der Waals surface area (Å²) in [7, 11) is 0. The Morgan fingerprint density at radius 2 is 2.28 bits per heavy atom. The Labute approximate surface area is 123 Å². The average molecular weight is 331 g/mol. The lowest BCUT2D eigenvalue weighted by Gasteiger charge is -2.31. The maximum atomic E-state index is 6.37. The Morgan fingerprint density at radius 3 is 2.78 bits per heavy atom. The van der Waals surface area contributed by atoms with E-state index in [1.54, 1.807) is 0 Å². The van der Waals surface area contributed by atoms with E-state index in [0.29, 0.717) is 6.04 Å². The monoisotopic (exact) mass is 330 g/mol. The first kappa shape index (κ1) is 14.5. The normalized spacial score (nSPS) is 24.3. The van der Waals surface area contributed by atoms with Crippen molar-refractivity contribution in [1.29, 1.82) is 0 Å². The van der Waals surface area contributed by atoms with E-state index in [1.807, 2.05) is 11.3 Å². The Balaban J connectivity index is 2.16. The Bertz CT molecular complexity index is 380. The summed E-state index contributed by atoms with van der Waals surface area (Å²) in [6.07, 6.45) is 3.65. The molecule has 1 aliphatic rings. The van der Waals surface area contributed by atoms with E-state index in [2.05, 4.69) is 46.8 Å². The Morgan fingerprint density at radius 1 is 1.50 bits per heavy atom. The molecule has 0 saturated carbocycles. The smallest absolute Gasteiger partial charge is 0.0702 e. The molecule has 3 atom stereocenters. The highest BCUT2D eigenvalue weighted by Gasteiger charge is 2.32. The number of nitrogens with two attached hydrogens (primary N) is 1. The van der Waals surface area contributed by atoms with E-state index in [4.69, 9.17) is 5.73 Å². The number of halogens is 1. The van der Waals surface area contributed by atoms with Gasteiger partial charge in [0, 0.05) is 17.5 Å². The molecule has 2 nitrogen and oxygen atoms in total. The second kappa shape index (κ2) is 6.51. The van der Waals surface area contributed by atoms with Crippen molar-refractivity contribution in [3.05, 3.63) is 20.8 Å². The second-order valence-electron chi connectivity index (χ2n) is 5.22. The molecule has 4 heteroatoms. The molecule has 18 heavy (non-hydrogen) atoms. The second-order valence-corrected chi connectivity index (χ2v) is 7.71. The zero-order valence-electron chi connectivity index (χ0n) is 11.2. The lowest BCUT2D eigenvalue weighted by molar-refractivity contribution is 0.205. The van der Waals surface area contributed by atoms with Crippen LogP contribution in [0.15, 0.2) is 15.9 Å². The third-order valence-corrected chi connectivity index (χ3v) is 5.74. The standard InChI is InChI=1S/C14H23BrN2S/c1-3-10-7-8-17(9-10)14(11(16)4-2)12-5-6-13(15)18-12/h5-6,10-11,14H,3-4,7-9,16H2,1-2H3. The van der Waals surface area contributed by atoms with Gasteiger partial charge >= 0.3 is 0 Å². The molecule has 0 aliphatic carbocycles. The fourth-order valence-electron chi connectivity index (χ4n) is 2.82. The maximum absolute atomic E-state index is 6.37. The van der Waals surface area contributed by atoms with Crippen molar-refractivity contribution in [1.82, 2.24) is 4.90 Å². The van der Waals surface area contributed by atoms with Crippen LogP contribution in [0.2, 0.25) is 0 Å². The van der Waals surface area contributed by atoms with Gasteiger partial charge < -0.3 is 5.73 Å². The number of hydrogen-bond acceptors (Lipinski definition) is 3. The van der Waals surface area contributed by atoms with Gasteiger partial charge in [-0.25, -0.2) is 0 Å². The van der Waals surface area contributed by atoms with Gasteiger partial charge in [0.25, 0.3) is 0 Å². The summed E-state index contributed by atoms with van der Waals surface area (Å²) < 4.78 is 1.21. The van der Waals surface area contributed by atoms with Crippen LogP contribution in [-0.2, 0) is 0 Å². The van der Waals surface area contributed by atoms with Crippen LogP contribution in [0.3, 0.4) is 0 Å². The van der Waals surface area contributed by atoms with Crippen LogP contribution >= 0.6 is 27.3 Å². The highest BCUT2D eigenvalue weighted by atomic mass is 79.9. The van der Waals surface area contributed by atoms with Crippen LogP contribution in [0, 0.1) is 5.92 Å². The quantitative estimate of drug-likeness (QED) is 0.883. The third-order valence-electron chi connectivity index (χ3n) is 4.05. The summed E-state index contributed by atoms with van der Waals surface area (Å²) in [5, 5.41) is 0. The summed E-state index contributed by atoms with van der Waals surface area (Å²) in [5.41, 5.74) is 6.37. The zero-order chi connectivity index (χ0) is 13.1. The third kappa shape index (κ3) is 3.16. The fourth-order valence-corrected chi connectivity index (χ4v) is 4.46. The van der Waals surface area contributed by atoms with Gasteiger partial charge in [-0.1, -0.05) is 20.3 Å². The van der Waals surface area contributed by atoms with Gasteiger partial charge in [0.2, 0.25) is 0 Å². The van der Waals surface area contributed by atoms with Crippen molar-refractivity contribution in [3.8, 4) is 0 Å². The Kier molecular flexibility index (Phi) is 5.24.